The molecule has 0 unspecified atom stereocenters. The number of rotatable bonds is 11. The van der Waals surface area contributed by atoms with Crippen molar-refractivity contribution in [3.8, 4) is 11.5 Å². The number of amides is 4. The predicted molar refractivity (Wildman–Crippen MR) is 234 cm³/mol. The summed E-state index contributed by atoms with van der Waals surface area (Å²) in [6.45, 7) is 6.53. The molecule has 5 heterocycles. The molecule has 8 N–H and O–H groups in total. The first-order chi connectivity index (χ1) is 30.4. The molecule has 0 saturated carbocycles. The molecule has 4 aromatic heterocycles. The molecule has 6 aromatic rings. The highest BCUT2D eigenvalue weighted by atomic mass is 16.5. The van der Waals surface area contributed by atoms with E-state index >= 15 is 0 Å². The number of fused-ring (bicyclic) bond motifs is 8. The molecule has 20 heteroatoms. The van der Waals surface area contributed by atoms with E-state index < -0.39 is 23.6 Å². The van der Waals surface area contributed by atoms with Crippen LogP contribution in [0, 0.1) is 13.8 Å². The van der Waals surface area contributed by atoms with Gasteiger partial charge >= 0.3 is 0 Å². The highest BCUT2D eigenvalue weighted by Crippen LogP contribution is 2.34. The van der Waals surface area contributed by atoms with E-state index in [0.29, 0.717) is 89.2 Å². The van der Waals surface area contributed by atoms with Gasteiger partial charge in [0, 0.05) is 68.9 Å². The number of primary amides is 2. The summed E-state index contributed by atoms with van der Waals surface area (Å²) >= 11 is 0. The second-order valence-electron chi connectivity index (χ2n) is 14.8. The number of ether oxygens (including phenoxy) is 2. The van der Waals surface area contributed by atoms with Crippen LogP contribution in [-0.2, 0) is 26.2 Å². The fraction of sp³-hybridized carbons (Fsp3) is 0.349. The van der Waals surface area contributed by atoms with E-state index in [0.717, 1.165) is 0 Å². The molecule has 0 radical (unpaired) electrons. The number of aliphatic hydroxyl groups excluding tert-OH is 2. The van der Waals surface area contributed by atoms with E-state index in [2.05, 4.69) is 20.8 Å². The molecule has 0 spiro atoms. The Hall–Kier alpha value is -7.32. The first-order valence-electron chi connectivity index (χ1n) is 20.6. The Bertz CT molecular complexity index is 2770. The topological polar surface area (TPSA) is 275 Å². The van der Waals surface area contributed by atoms with Crippen LogP contribution in [-0.4, -0.2) is 98.9 Å². The summed E-state index contributed by atoms with van der Waals surface area (Å²) in [6, 6.07) is 7.72. The van der Waals surface area contributed by atoms with Gasteiger partial charge in [0.15, 0.2) is 0 Å². The lowest BCUT2D eigenvalue weighted by Crippen LogP contribution is -2.21. The molecule has 63 heavy (non-hydrogen) atoms. The Morgan fingerprint density at radius 1 is 0.778 bits per heavy atom. The number of hydrogen-bond acceptors (Lipinski definition) is 12. The van der Waals surface area contributed by atoms with Crippen LogP contribution in [0.25, 0.3) is 28.1 Å². The van der Waals surface area contributed by atoms with Crippen LogP contribution >= 0.6 is 0 Å². The van der Waals surface area contributed by atoms with Gasteiger partial charge in [0.2, 0.25) is 23.7 Å². The Balaban J connectivity index is 1.39. The number of aryl methyl sites for hydroxylation is 4. The first-order valence-corrected chi connectivity index (χ1v) is 20.6. The minimum Gasteiger partial charge on any atom is -0.491 e. The maximum absolute atomic E-state index is 14.4. The monoisotopic (exact) mass is 862 g/mol. The zero-order valence-corrected chi connectivity index (χ0v) is 35.3. The lowest BCUT2D eigenvalue weighted by molar-refractivity contribution is 0.0991. The van der Waals surface area contributed by atoms with Gasteiger partial charge in [-0.15, -0.1) is 0 Å². The maximum Gasteiger partial charge on any atom is 0.276 e. The Kier molecular flexibility index (Phi) is 13.3. The summed E-state index contributed by atoms with van der Waals surface area (Å²) in [7, 11) is 0. The smallest absolute Gasteiger partial charge is 0.276 e. The molecule has 20 nitrogen and oxygen atoms in total. The number of aromatic nitrogens is 8. The molecule has 1 aliphatic rings. The summed E-state index contributed by atoms with van der Waals surface area (Å²) in [5, 5.41) is 34.2. The zero-order valence-electron chi connectivity index (χ0n) is 35.3. The van der Waals surface area contributed by atoms with E-state index in [9.17, 15) is 29.4 Å². The van der Waals surface area contributed by atoms with E-state index in [-0.39, 0.29) is 74.0 Å². The van der Waals surface area contributed by atoms with Gasteiger partial charge in [0.25, 0.3) is 11.8 Å². The molecule has 0 atom stereocenters. The summed E-state index contributed by atoms with van der Waals surface area (Å²) < 4.78 is 18.9. The summed E-state index contributed by atoms with van der Waals surface area (Å²) in [5.74, 6) is -1.55. The highest BCUT2D eigenvalue weighted by Gasteiger charge is 2.25. The SMILES string of the molecule is CCn1nc(C)c2c1C(=O)Nc1nc3cc(C(N)=O)cc(OCCCO)c3n1C/C=C/Cn1c(nc3cc(C(N)=O)cc(OCCCO)c31)NC(=O)c1cc(C)nn1CCC/C=C\2. The molecule has 7 rings (SSSR count). The van der Waals surface area contributed by atoms with Gasteiger partial charge in [0.1, 0.15) is 33.9 Å². The van der Waals surface area contributed by atoms with Crippen molar-refractivity contribution in [3.63, 3.8) is 0 Å². The molecule has 0 bridgehead atoms. The van der Waals surface area contributed by atoms with Gasteiger partial charge in [-0.05, 0) is 63.9 Å². The summed E-state index contributed by atoms with van der Waals surface area (Å²) in [6.07, 6.45) is 9.24. The van der Waals surface area contributed by atoms with E-state index in [4.69, 9.17) is 30.9 Å². The van der Waals surface area contributed by atoms with Crippen molar-refractivity contribution in [3.05, 3.63) is 88.0 Å². The van der Waals surface area contributed by atoms with Crippen molar-refractivity contribution in [1.29, 1.82) is 0 Å². The third-order valence-corrected chi connectivity index (χ3v) is 10.3. The number of benzene rings is 2. The molecular weight excluding hydrogens is 813 g/mol. The maximum atomic E-state index is 14.4. The average Bonchev–Trinajstić information content (AvgIpc) is 3.99. The third kappa shape index (κ3) is 9.31. The van der Waals surface area contributed by atoms with Gasteiger partial charge in [-0.1, -0.05) is 24.3 Å². The van der Waals surface area contributed by atoms with Crippen LogP contribution in [0.4, 0.5) is 11.9 Å². The van der Waals surface area contributed by atoms with Gasteiger partial charge < -0.3 is 40.3 Å². The van der Waals surface area contributed by atoms with Crippen LogP contribution in [0.2, 0.25) is 0 Å². The minimum atomic E-state index is -0.708. The minimum absolute atomic E-state index is 0.107. The summed E-state index contributed by atoms with van der Waals surface area (Å²) in [5.41, 5.74) is 15.8. The van der Waals surface area contributed by atoms with Gasteiger partial charge in [-0.2, -0.15) is 10.2 Å². The van der Waals surface area contributed by atoms with Crippen LogP contribution in [0.5, 0.6) is 11.5 Å². The predicted octanol–water partition coefficient (Wildman–Crippen LogP) is 3.70. The number of carbonyl (C=O) groups is 4. The quantitative estimate of drug-likeness (QED) is 0.0804. The van der Waals surface area contributed by atoms with Crippen molar-refractivity contribution < 1.29 is 38.9 Å². The first kappa shape index (κ1) is 43.8. The molecule has 4 amide bonds. The van der Waals surface area contributed by atoms with E-state index in [1.807, 2.05) is 38.2 Å². The number of aliphatic hydroxyl groups is 2. The number of anilines is 2. The van der Waals surface area contributed by atoms with Crippen molar-refractivity contribution in [2.45, 2.75) is 72.6 Å². The van der Waals surface area contributed by atoms with Crippen molar-refractivity contribution in [2.24, 2.45) is 11.5 Å². The second-order valence-corrected chi connectivity index (χ2v) is 14.8. The molecule has 2 aromatic carbocycles. The van der Waals surface area contributed by atoms with Gasteiger partial charge in [0.05, 0.1) is 35.6 Å². The second kappa shape index (κ2) is 19.2. The van der Waals surface area contributed by atoms with Crippen molar-refractivity contribution >= 4 is 63.7 Å². The number of hydrogen-bond donors (Lipinski definition) is 6. The van der Waals surface area contributed by atoms with E-state index in [1.165, 1.54) is 24.3 Å². The largest absolute Gasteiger partial charge is 0.491 e. The Morgan fingerprint density at radius 3 is 1.86 bits per heavy atom. The highest BCUT2D eigenvalue weighted by molar-refractivity contribution is 6.07. The molecule has 0 fully saturated rings. The third-order valence-electron chi connectivity index (χ3n) is 10.3. The Morgan fingerprint density at radius 2 is 1.33 bits per heavy atom. The van der Waals surface area contributed by atoms with Gasteiger partial charge in [-0.25, -0.2) is 9.97 Å². The van der Waals surface area contributed by atoms with Crippen LogP contribution in [0.3, 0.4) is 0 Å². The summed E-state index contributed by atoms with van der Waals surface area (Å²) in [4.78, 5) is 62.9. The van der Waals surface area contributed by atoms with Crippen LogP contribution in [0.15, 0.2) is 48.6 Å². The van der Waals surface area contributed by atoms with Crippen LogP contribution < -0.4 is 31.6 Å². The molecular formula is C43H50N12O8. The number of nitrogens with one attached hydrogen (secondary N) is 2. The number of allylic oxidation sites excluding steroid dienone is 3. The van der Waals surface area contributed by atoms with E-state index in [1.54, 1.807) is 31.5 Å². The number of imidazole rings is 2. The Labute approximate surface area is 361 Å². The van der Waals surface area contributed by atoms with Crippen molar-refractivity contribution in [2.75, 3.05) is 37.1 Å². The fourth-order valence-electron chi connectivity index (χ4n) is 7.41. The molecule has 0 saturated heterocycles. The number of carbonyl (C=O) groups excluding carboxylic acids is 4. The normalized spacial score (nSPS) is 14.7. The number of nitrogens with zero attached hydrogens (tertiary/aromatic N) is 8. The van der Waals surface area contributed by atoms with Crippen molar-refractivity contribution in [1.82, 2.24) is 38.7 Å². The lowest BCUT2D eigenvalue weighted by atomic mass is 10.1. The fourth-order valence-corrected chi connectivity index (χ4v) is 7.41. The average molecular weight is 863 g/mol. The lowest BCUT2D eigenvalue weighted by Gasteiger charge is -2.14. The standard InChI is InChI=1S/C43H50N12O8/c1-4-54-35-29(26(3)51-54)12-6-5-7-15-55-32(20-25(2)50-55)40(60)48-42-46-30-21-27(38(44)58)23-33(62-18-10-16-56)36(30)52(42)13-8-9-14-53-37-31(47-43(53)49-41(35)61)22-28(39(45)59)24-34(37)63-19-11-17-57/h6,8-9,12,20-24,56-57H,4-5,7,10-11,13-19H2,1-3H3,(H2,44,58)(H2,45,59)(H,46,48,60)(H,47,49,61)/b9-8+,12-6-. The molecule has 0 aliphatic carbocycles. The number of nitrogens with two attached hydrogens (primary N) is 2. The molecule has 1 aliphatic heterocycles. The molecule has 330 valence electrons. The van der Waals surface area contributed by atoms with Gasteiger partial charge in [-0.3, -0.25) is 39.2 Å². The van der Waals surface area contributed by atoms with Crippen LogP contribution in [0.1, 0.15) is 91.3 Å². The zero-order chi connectivity index (χ0) is 44.8.